The number of benzene rings is 1. The van der Waals surface area contributed by atoms with E-state index >= 15 is 0 Å². The van der Waals surface area contributed by atoms with E-state index in [1.54, 1.807) is 18.2 Å². The molecule has 1 aromatic carbocycles. The van der Waals surface area contributed by atoms with Crippen LogP contribution in [0.15, 0.2) is 18.2 Å². The van der Waals surface area contributed by atoms with Crippen LogP contribution in [0, 0.1) is 5.92 Å². The zero-order chi connectivity index (χ0) is 12.3. The van der Waals surface area contributed by atoms with Gasteiger partial charge in [0.15, 0.2) is 0 Å². The normalized spacial score (nSPS) is 17.0. The highest BCUT2D eigenvalue weighted by atomic mass is 16.3. The molecular weight excluding hydrogens is 214 g/mol. The molecule has 3 nitrogen and oxygen atoms in total. The molecule has 0 aromatic heterocycles. The van der Waals surface area contributed by atoms with Crippen LogP contribution in [0.2, 0.25) is 0 Å². The summed E-state index contributed by atoms with van der Waals surface area (Å²) in [7, 11) is 0. The molecule has 0 radical (unpaired) electrons. The third-order valence-electron chi connectivity index (χ3n) is 3.43. The van der Waals surface area contributed by atoms with Gasteiger partial charge in [-0.1, -0.05) is 18.9 Å². The lowest BCUT2D eigenvalue weighted by Crippen LogP contribution is -2.20. The molecule has 0 saturated heterocycles. The van der Waals surface area contributed by atoms with E-state index < -0.39 is 0 Å². The van der Waals surface area contributed by atoms with E-state index in [1.165, 1.54) is 25.7 Å². The topological polar surface area (TPSA) is 52.5 Å². The Morgan fingerprint density at radius 3 is 2.53 bits per heavy atom. The molecule has 94 valence electrons. The van der Waals surface area contributed by atoms with Gasteiger partial charge in [-0.2, -0.15) is 0 Å². The molecule has 2 rings (SSSR count). The van der Waals surface area contributed by atoms with Crippen LogP contribution in [0.4, 0.5) is 0 Å². The van der Waals surface area contributed by atoms with E-state index in [2.05, 4.69) is 5.32 Å². The van der Waals surface area contributed by atoms with Gasteiger partial charge in [0, 0.05) is 6.04 Å². The molecule has 1 aliphatic rings. The van der Waals surface area contributed by atoms with Gasteiger partial charge < -0.3 is 15.5 Å². The monoisotopic (exact) mass is 235 g/mol. The lowest BCUT2D eigenvalue weighted by atomic mass is 10.1. The van der Waals surface area contributed by atoms with Gasteiger partial charge in [-0.15, -0.1) is 0 Å². The van der Waals surface area contributed by atoms with Gasteiger partial charge in [0.05, 0.1) is 5.56 Å². The Morgan fingerprint density at radius 2 is 1.94 bits per heavy atom. The average molecular weight is 235 g/mol. The molecular formula is C14H21NO2. The maximum absolute atomic E-state index is 9.72. The second kappa shape index (κ2) is 5.41. The first-order valence-corrected chi connectivity index (χ1v) is 6.42. The summed E-state index contributed by atoms with van der Waals surface area (Å²) in [4.78, 5) is 0. The van der Waals surface area contributed by atoms with Crippen LogP contribution in [0.3, 0.4) is 0 Å². The van der Waals surface area contributed by atoms with E-state index in [0.717, 1.165) is 12.5 Å². The lowest BCUT2D eigenvalue weighted by molar-refractivity contribution is 0.417. The van der Waals surface area contributed by atoms with Crippen molar-refractivity contribution in [2.45, 2.75) is 38.6 Å². The van der Waals surface area contributed by atoms with Crippen molar-refractivity contribution in [1.82, 2.24) is 5.32 Å². The minimum atomic E-state index is -0.0181. The standard InChI is InChI=1S/C14H21NO2/c1-10(15-9-3-4-11-7-8-11)14-12(16)5-2-6-13(14)17/h2,5-6,10-11,15-17H,3-4,7-9H2,1H3. The quantitative estimate of drug-likeness (QED) is 0.664. The third kappa shape index (κ3) is 3.37. The molecule has 0 spiro atoms. The molecule has 17 heavy (non-hydrogen) atoms. The number of hydrogen-bond acceptors (Lipinski definition) is 3. The van der Waals surface area contributed by atoms with Gasteiger partial charge in [0.25, 0.3) is 0 Å². The van der Waals surface area contributed by atoms with Gasteiger partial charge >= 0.3 is 0 Å². The van der Waals surface area contributed by atoms with Crippen molar-refractivity contribution in [2.24, 2.45) is 5.92 Å². The molecule has 1 saturated carbocycles. The van der Waals surface area contributed by atoms with Crippen LogP contribution in [0.1, 0.15) is 44.2 Å². The molecule has 1 atom stereocenters. The molecule has 1 aromatic rings. The highest BCUT2D eigenvalue weighted by molar-refractivity contribution is 5.44. The Bertz CT molecular complexity index is 354. The van der Waals surface area contributed by atoms with E-state index in [4.69, 9.17) is 0 Å². The second-order valence-electron chi connectivity index (χ2n) is 4.97. The van der Waals surface area contributed by atoms with Crippen LogP contribution >= 0.6 is 0 Å². The number of aromatic hydroxyl groups is 2. The predicted molar refractivity (Wildman–Crippen MR) is 68.1 cm³/mol. The molecule has 3 N–H and O–H groups in total. The summed E-state index contributed by atoms with van der Waals surface area (Å²) in [6.45, 7) is 2.90. The number of nitrogens with one attached hydrogen (secondary N) is 1. The average Bonchev–Trinajstić information content (AvgIpc) is 3.08. The maximum Gasteiger partial charge on any atom is 0.124 e. The maximum atomic E-state index is 9.72. The smallest absolute Gasteiger partial charge is 0.124 e. The summed E-state index contributed by atoms with van der Waals surface area (Å²) in [6.07, 6.45) is 5.27. The first-order chi connectivity index (χ1) is 8.18. The van der Waals surface area contributed by atoms with Crippen LogP contribution in [0.25, 0.3) is 0 Å². The van der Waals surface area contributed by atoms with Crippen LogP contribution in [0.5, 0.6) is 11.5 Å². The van der Waals surface area contributed by atoms with Gasteiger partial charge in [-0.3, -0.25) is 0 Å². The first kappa shape index (κ1) is 12.2. The molecule has 0 aliphatic heterocycles. The van der Waals surface area contributed by atoms with E-state index in [9.17, 15) is 10.2 Å². The molecule has 1 aliphatic carbocycles. The predicted octanol–water partition coefficient (Wildman–Crippen LogP) is 2.94. The zero-order valence-corrected chi connectivity index (χ0v) is 10.3. The zero-order valence-electron chi connectivity index (χ0n) is 10.3. The minimum absolute atomic E-state index is 0.0181. The summed E-state index contributed by atoms with van der Waals surface area (Å²) in [5.74, 6) is 1.28. The lowest BCUT2D eigenvalue weighted by Gasteiger charge is -2.16. The number of rotatable bonds is 6. The Kier molecular flexibility index (Phi) is 3.89. The van der Waals surface area contributed by atoms with Crippen LogP contribution < -0.4 is 5.32 Å². The van der Waals surface area contributed by atoms with Crippen molar-refractivity contribution < 1.29 is 10.2 Å². The van der Waals surface area contributed by atoms with E-state index in [-0.39, 0.29) is 17.5 Å². The van der Waals surface area contributed by atoms with Crippen molar-refractivity contribution in [3.63, 3.8) is 0 Å². The van der Waals surface area contributed by atoms with Gasteiger partial charge in [-0.25, -0.2) is 0 Å². The molecule has 0 bridgehead atoms. The fraction of sp³-hybridized carbons (Fsp3) is 0.571. The largest absolute Gasteiger partial charge is 0.507 e. The van der Waals surface area contributed by atoms with E-state index in [0.29, 0.717) is 5.56 Å². The highest BCUT2D eigenvalue weighted by Gasteiger charge is 2.20. The molecule has 3 heteroatoms. The molecule has 0 heterocycles. The second-order valence-corrected chi connectivity index (χ2v) is 4.97. The van der Waals surface area contributed by atoms with Crippen molar-refractivity contribution >= 4 is 0 Å². The third-order valence-corrected chi connectivity index (χ3v) is 3.43. The van der Waals surface area contributed by atoms with E-state index in [1.807, 2.05) is 6.92 Å². The van der Waals surface area contributed by atoms with Crippen molar-refractivity contribution in [3.05, 3.63) is 23.8 Å². The summed E-state index contributed by atoms with van der Waals surface area (Å²) < 4.78 is 0. The minimum Gasteiger partial charge on any atom is -0.507 e. The Morgan fingerprint density at radius 1 is 1.29 bits per heavy atom. The molecule has 0 amide bonds. The summed E-state index contributed by atoms with van der Waals surface area (Å²) in [5.41, 5.74) is 0.596. The van der Waals surface area contributed by atoms with Crippen molar-refractivity contribution in [3.8, 4) is 11.5 Å². The SMILES string of the molecule is CC(NCCCC1CC1)c1c(O)cccc1O. The van der Waals surface area contributed by atoms with Crippen LogP contribution in [-0.4, -0.2) is 16.8 Å². The Labute approximate surface area is 102 Å². The fourth-order valence-electron chi connectivity index (χ4n) is 2.20. The fourth-order valence-corrected chi connectivity index (χ4v) is 2.20. The first-order valence-electron chi connectivity index (χ1n) is 6.42. The Hall–Kier alpha value is -1.22. The van der Waals surface area contributed by atoms with Gasteiger partial charge in [0.1, 0.15) is 11.5 Å². The summed E-state index contributed by atoms with van der Waals surface area (Å²) in [5, 5.41) is 22.8. The van der Waals surface area contributed by atoms with Gasteiger partial charge in [-0.05, 0) is 44.4 Å². The van der Waals surface area contributed by atoms with Crippen molar-refractivity contribution in [2.75, 3.05) is 6.54 Å². The Balaban J connectivity index is 1.82. The summed E-state index contributed by atoms with van der Waals surface area (Å²) >= 11 is 0. The number of phenols is 2. The molecule has 1 fully saturated rings. The van der Waals surface area contributed by atoms with Gasteiger partial charge in [0.2, 0.25) is 0 Å². The number of hydrogen-bond donors (Lipinski definition) is 3. The van der Waals surface area contributed by atoms with Crippen LogP contribution in [-0.2, 0) is 0 Å². The molecule has 1 unspecified atom stereocenters. The highest BCUT2D eigenvalue weighted by Crippen LogP contribution is 2.34. The number of phenolic OH excluding ortho intramolecular Hbond substituents is 2. The van der Waals surface area contributed by atoms with Crippen molar-refractivity contribution in [1.29, 1.82) is 0 Å². The summed E-state index contributed by atoms with van der Waals surface area (Å²) in [6, 6.07) is 4.85.